The third-order valence-corrected chi connectivity index (χ3v) is 12.7. The predicted molar refractivity (Wildman–Crippen MR) is 343 cm³/mol. The summed E-state index contributed by atoms with van der Waals surface area (Å²) in [6, 6.07) is 0. The minimum Gasteiger partial charge on any atom is -0.462 e. The van der Waals surface area contributed by atoms with Gasteiger partial charge in [0, 0.05) is 19.3 Å². The van der Waals surface area contributed by atoms with Crippen molar-refractivity contribution in [3.63, 3.8) is 0 Å². The van der Waals surface area contributed by atoms with Crippen molar-refractivity contribution in [1.82, 2.24) is 0 Å². The molecule has 0 aliphatic heterocycles. The molecule has 6 nitrogen and oxygen atoms in total. The predicted octanol–water partition coefficient (Wildman–Crippen LogP) is 21.9. The fraction of sp³-hybridized carbons (Fsp3) is 0.575. The SMILES string of the molecule is CC/C=C\C/C=C\C/C=C\C/C=C\C/C=C\C/C=C\C/C=C\C/C=C\C/C=C\CCCC(=O)OCC(COC(=O)CCCCCCCCCCC)OC(=O)CCCCCCCCC/C=C\C/C=C\C/C=C\C/C=C\C/C=C\CC. The van der Waals surface area contributed by atoms with E-state index < -0.39 is 6.10 Å². The number of allylic oxidation sites excluding steroid dienone is 28. The van der Waals surface area contributed by atoms with Crippen LogP contribution in [0.2, 0.25) is 0 Å². The first-order chi connectivity index (χ1) is 39.0. The molecule has 0 aromatic rings. The summed E-state index contributed by atoms with van der Waals surface area (Å²) in [7, 11) is 0. The highest BCUT2D eigenvalue weighted by Crippen LogP contribution is 2.14. The van der Waals surface area contributed by atoms with Crippen LogP contribution in [0.3, 0.4) is 0 Å². The lowest BCUT2D eigenvalue weighted by Crippen LogP contribution is -2.30. The molecule has 0 aliphatic carbocycles. The molecule has 6 heteroatoms. The van der Waals surface area contributed by atoms with Crippen LogP contribution >= 0.6 is 0 Å². The molecule has 0 aromatic heterocycles. The maximum Gasteiger partial charge on any atom is 0.306 e. The third-order valence-electron chi connectivity index (χ3n) is 12.7. The van der Waals surface area contributed by atoms with E-state index in [1.807, 2.05) is 0 Å². The Labute approximate surface area is 485 Å². The average Bonchev–Trinajstić information content (AvgIpc) is 3.45. The Bertz CT molecular complexity index is 1820. The molecule has 0 amide bonds. The van der Waals surface area contributed by atoms with Crippen molar-refractivity contribution in [3.8, 4) is 0 Å². The van der Waals surface area contributed by atoms with E-state index in [-0.39, 0.29) is 37.5 Å². The fourth-order valence-electron chi connectivity index (χ4n) is 8.06. The largest absolute Gasteiger partial charge is 0.462 e. The van der Waals surface area contributed by atoms with E-state index in [9.17, 15) is 14.4 Å². The second-order valence-corrected chi connectivity index (χ2v) is 20.2. The molecular weight excluding hydrogens is 973 g/mol. The van der Waals surface area contributed by atoms with E-state index in [0.29, 0.717) is 19.3 Å². The molecule has 79 heavy (non-hydrogen) atoms. The first-order valence-electron chi connectivity index (χ1n) is 31.6. The number of unbranched alkanes of at least 4 members (excludes halogenated alkanes) is 16. The summed E-state index contributed by atoms with van der Waals surface area (Å²) < 4.78 is 16.8. The molecule has 0 heterocycles. The monoisotopic (exact) mass is 1090 g/mol. The number of rotatable bonds is 55. The Balaban J connectivity index is 4.40. The standard InChI is InChI=1S/C73H114O6/c1-4-7-10-13-16-19-21-23-25-27-29-31-33-34-35-36-37-38-40-41-43-45-47-49-51-54-57-60-63-66-72(75)78-69-70(68-77-71(74)65-62-59-56-53-18-15-12-9-6-3)79-73(76)67-64-61-58-55-52-50-48-46-44-42-39-32-30-28-26-24-22-20-17-14-11-8-5-2/h7-8,10-11,16-17,19-20,23-26,29-32,34-35,37-38,41-44,47,49,54,57,70H,4-6,9,12-15,18,21-22,27-28,33,36,39-40,45-46,48,50-53,55-56,58-69H2,1-3H3/b10-7-,11-8-,19-16-,20-17-,25-23-,26-24-,31-29-,32-30-,35-34-,38-37-,43-41-,44-42-,49-47-,57-54-. The van der Waals surface area contributed by atoms with Gasteiger partial charge >= 0.3 is 17.9 Å². The lowest BCUT2D eigenvalue weighted by atomic mass is 10.1. The normalized spacial score (nSPS) is 13.3. The molecule has 0 aromatic carbocycles. The van der Waals surface area contributed by atoms with Gasteiger partial charge in [-0.3, -0.25) is 14.4 Å². The van der Waals surface area contributed by atoms with Crippen molar-refractivity contribution >= 4 is 17.9 Å². The Morgan fingerprint density at radius 1 is 0.266 bits per heavy atom. The van der Waals surface area contributed by atoms with Crippen LogP contribution in [0.4, 0.5) is 0 Å². The van der Waals surface area contributed by atoms with Gasteiger partial charge in [-0.25, -0.2) is 0 Å². The molecule has 0 spiro atoms. The van der Waals surface area contributed by atoms with Crippen molar-refractivity contribution in [2.45, 2.75) is 258 Å². The van der Waals surface area contributed by atoms with Gasteiger partial charge in [-0.2, -0.15) is 0 Å². The highest BCUT2D eigenvalue weighted by atomic mass is 16.6. The first-order valence-corrected chi connectivity index (χ1v) is 31.6. The zero-order valence-electron chi connectivity index (χ0n) is 50.6. The van der Waals surface area contributed by atoms with Crippen molar-refractivity contribution in [1.29, 1.82) is 0 Å². The van der Waals surface area contributed by atoms with Crippen LogP contribution in [-0.2, 0) is 28.6 Å². The van der Waals surface area contributed by atoms with Gasteiger partial charge in [0.15, 0.2) is 6.10 Å². The van der Waals surface area contributed by atoms with E-state index in [2.05, 4.69) is 191 Å². The lowest BCUT2D eigenvalue weighted by molar-refractivity contribution is -0.167. The van der Waals surface area contributed by atoms with Crippen molar-refractivity contribution < 1.29 is 28.6 Å². The zero-order valence-corrected chi connectivity index (χ0v) is 50.6. The van der Waals surface area contributed by atoms with E-state index in [4.69, 9.17) is 14.2 Å². The smallest absolute Gasteiger partial charge is 0.306 e. The van der Waals surface area contributed by atoms with Gasteiger partial charge in [-0.05, 0) is 128 Å². The molecule has 0 saturated carbocycles. The van der Waals surface area contributed by atoms with E-state index in [0.717, 1.165) is 148 Å². The third kappa shape index (κ3) is 63.5. The number of carbonyl (C=O) groups excluding carboxylic acids is 3. The summed E-state index contributed by atoms with van der Waals surface area (Å²) in [5.41, 5.74) is 0. The fourth-order valence-corrected chi connectivity index (χ4v) is 8.06. The number of hydrogen-bond acceptors (Lipinski definition) is 6. The second-order valence-electron chi connectivity index (χ2n) is 20.2. The minimum atomic E-state index is -0.815. The van der Waals surface area contributed by atoms with Gasteiger partial charge in [0.05, 0.1) is 0 Å². The second kappa shape index (κ2) is 65.3. The van der Waals surface area contributed by atoms with Crippen LogP contribution in [0.25, 0.3) is 0 Å². The van der Waals surface area contributed by atoms with Crippen molar-refractivity contribution in [2.24, 2.45) is 0 Å². The molecule has 0 saturated heterocycles. The Morgan fingerprint density at radius 3 is 0.823 bits per heavy atom. The van der Waals surface area contributed by atoms with Gasteiger partial charge in [0.1, 0.15) is 13.2 Å². The molecule has 0 radical (unpaired) electrons. The van der Waals surface area contributed by atoms with Crippen LogP contribution < -0.4 is 0 Å². The molecule has 0 aliphatic rings. The highest BCUT2D eigenvalue weighted by molar-refractivity contribution is 5.71. The van der Waals surface area contributed by atoms with Crippen LogP contribution in [0, 0.1) is 0 Å². The van der Waals surface area contributed by atoms with Crippen LogP contribution in [0.1, 0.15) is 252 Å². The van der Waals surface area contributed by atoms with Gasteiger partial charge in [-0.1, -0.05) is 274 Å². The van der Waals surface area contributed by atoms with Gasteiger partial charge in [0.2, 0.25) is 0 Å². The van der Waals surface area contributed by atoms with Crippen molar-refractivity contribution in [2.75, 3.05) is 13.2 Å². The van der Waals surface area contributed by atoms with Gasteiger partial charge in [0.25, 0.3) is 0 Å². The molecule has 0 N–H and O–H groups in total. The molecule has 1 unspecified atom stereocenters. The minimum absolute atomic E-state index is 0.107. The molecule has 0 fully saturated rings. The van der Waals surface area contributed by atoms with Crippen molar-refractivity contribution in [3.05, 3.63) is 170 Å². The maximum absolute atomic E-state index is 12.9. The number of ether oxygens (including phenoxy) is 3. The molecule has 0 rings (SSSR count). The van der Waals surface area contributed by atoms with Gasteiger partial charge in [-0.15, -0.1) is 0 Å². The molecular formula is C73H114O6. The maximum atomic E-state index is 12.9. The van der Waals surface area contributed by atoms with Crippen LogP contribution in [-0.4, -0.2) is 37.2 Å². The molecule has 1 atom stereocenters. The van der Waals surface area contributed by atoms with Gasteiger partial charge < -0.3 is 14.2 Å². The molecule has 442 valence electrons. The quantitative estimate of drug-likeness (QED) is 0.0261. The first kappa shape index (κ1) is 73.8. The number of carbonyl (C=O) groups is 3. The zero-order chi connectivity index (χ0) is 57.1. The summed E-state index contributed by atoms with van der Waals surface area (Å²) in [5.74, 6) is -0.989. The average molecular weight is 1090 g/mol. The lowest BCUT2D eigenvalue weighted by Gasteiger charge is -2.18. The topological polar surface area (TPSA) is 78.9 Å². The summed E-state index contributed by atoms with van der Waals surface area (Å²) >= 11 is 0. The summed E-state index contributed by atoms with van der Waals surface area (Å²) in [4.78, 5) is 38.2. The number of esters is 3. The summed E-state index contributed by atoms with van der Waals surface area (Å²) in [6.07, 6.45) is 96.5. The van der Waals surface area contributed by atoms with E-state index in [1.165, 1.54) is 57.8 Å². The Morgan fingerprint density at radius 2 is 0.506 bits per heavy atom. The Kier molecular flexibility index (Phi) is 61.0. The Hall–Kier alpha value is -5.23. The number of hydrogen-bond donors (Lipinski definition) is 0. The van der Waals surface area contributed by atoms with Crippen LogP contribution in [0.15, 0.2) is 170 Å². The summed E-state index contributed by atoms with van der Waals surface area (Å²) in [6.45, 7) is 6.32. The van der Waals surface area contributed by atoms with Crippen LogP contribution in [0.5, 0.6) is 0 Å². The highest BCUT2D eigenvalue weighted by Gasteiger charge is 2.19. The van der Waals surface area contributed by atoms with E-state index in [1.54, 1.807) is 0 Å². The molecule has 0 bridgehead atoms. The van der Waals surface area contributed by atoms with E-state index >= 15 is 0 Å². The summed E-state index contributed by atoms with van der Waals surface area (Å²) in [5, 5.41) is 0.